The van der Waals surface area contributed by atoms with Crippen LogP contribution in [0.1, 0.15) is 47.1 Å². The number of aliphatic hydroxyl groups excluding tert-OH is 1. The van der Waals surface area contributed by atoms with E-state index < -0.39 is 18.0 Å². The number of aliphatic hydroxyl groups is 1. The summed E-state index contributed by atoms with van der Waals surface area (Å²) in [5.74, 6) is -1.06. The van der Waals surface area contributed by atoms with Crippen LogP contribution in [-0.4, -0.2) is 70.6 Å². The summed E-state index contributed by atoms with van der Waals surface area (Å²) in [6.45, 7) is 5.95. The maximum atomic E-state index is 13.6. The summed E-state index contributed by atoms with van der Waals surface area (Å²) in [5, 5.41) is 9.74. The average molecular weight is 456 g/mol. The van der Waals surface area contributed by atoms with Crippen LogP contribution in [0.2, 0.25) is 0 Å². The Hall–Kier alpha value is -3.26. The summed E-state index contributed by atoms with van der Waals surface area (Å²) in [5.41, 5.74) is 1.31. The summed E-state index contributed by atoms with van der Waals surface area (Å²) >= 11 is 0. The number of amides is 2. The highest BCUT2D eigenvalue weighted by Crippen LogP contribution is 2.28. The normalized spacial score (nSPS) is 19.5. The lowest BCUT2D eigenvalue weighted by molar-refractivity contribution is 0.0313. The zero-order chi connectivity index (χ0) is 24.1. The van der Waals surface area contributed by atoms with E-state index in [1.807, 2.05) is 26.0 Å². The number of hydrogen-bond donors (Lipinski definition) is 1. The van der Waals surface area contributed by atoms with Gasteiger partial charge in [-0.05, 0) is 43.7 Å². The third-order valence-electron chi connectivity index (χ3n) is 5.77. The van der Waals surface area contributed by atoms with E-state index in [1.54, 1.807) is 37.2 Å². The van der Waals surface area contributed by atoms with Crippen molar-refractivity contribution in [3.05, 3.63) is 65.1 Å². The predicted octanol–water partition coefficient (Wildman–Crippen LogP) is 3.25. The lowest BCUT2D eigenvalue weighted by atomic mass is 9.99. The molecule has 0 aliphatic carbocycles. The van der Waals surface area contributed by atoms with Gasteiger partial charge in [-0.1, -0.05) is 25.1 Å². The van der Waals surface area contributed by atoms with Gasteiger partial charge in [-0.25, -0.2) is 9.37 Å². The van der Waals surface area contributed by atoms with Crippen LogP contribution in [0.25, 0.3) is 6.08 Å². The molecule has 176 valence electrons. The molecule has 0 unspecified atom stereocenters. The minimum Gasteiger partial charge on any atom is -0.472 e. The van der Waals surface area contributed by atoms with Crippen molar-refractivity contribution in [3.63, 3.8) is 0 Å². The Bertz CT molecular complexity index is 1040. The first-order chi connectivity index (χ1) is 15.7. The number of ether oxygens (including phenoxy) is 1. The number of likely N-dealkylation sites (N-methyl/N-ethyl adjacent to an activating group) is 1. The number of fused-ring (bicyclic) bond motifs is 1. The molecule has 0 spiro atoms. The van der Waals surface area contributed by atoms with E-state index in [0.29, 0.717) is 12.1 Å². The Labute approximate surface area is 193 Å². The zero-order valence-electron chi connectivity index (χ0n) is 19.4. The Balaban J connectivity index is 1.93. The monoisotopic (exact) mass is 455 g/mol. The van der Waals surface area contributed by atoms with Crippen molar-refractivity contribution in [1.82, 2.24) is 14.8 Å². The summed E-state index contributed by atoms with van der Waals surface area (Å²) in [6, 6.07) is 6.86. The molecule has 2 amide bonds. The lowest BCUT2D eigenvalue weighted by Crippen LogP contribution is -2.50. The molecular weight excluding hydrogens is 425 g/mol. The molecule has 33 heavy (non-hydrogen) atoms. The van der Waals surface area contributed by atoms with Crippen LogP contribution in [-0.2, 0) is 0 Å². The van der Waals surface area contributed by atoms with Crippen LogP contribution in [0.5, 0.6) is 5.88 Å². The SMILES string of the molecule is C/C=C/c1cnc2c(c1)C(=O)N([C@H](C)CO)C[C@H](C)[C@@H](CN(C)C(=O)c1cccc(F)c1)O2. The second-order valence-electron chi connectivity index (χ2n) is 8.44. The van der Waals surface area contributed by atoms with Gasteiger partial charge >= 0.3 is 0 Å². The van der Waals surface area contributed by atoms with E-state index in [0.717, 1.165) is 5.56 Å². The average Bonchev–Trinajstić information content (AvgIpc) is 2.80. The van der Waals surface area contributed by atoms with Gasteiger partial charge in [0, 0.05) is 31.3 Å². The van der Waals surface area contributed by atoms with E-state index in [4.69, 9.17) is 4.74 Å². The lowest BCUT2D eigenvalue weighted by Gasteiger charge is -2.37. The van der Waals surface area contributed by atoms with Crippen molar-refractivity contribution >= 4 is 17.9 Å². The molecule has 3 atom stereocenters. The van der Waals surface area contributed by atoms with Crippen molar-refractivity contribution in [2.75, 3.05) is 26.7 Å². The standard InChI is InChI=1S/C25H30FN3O4/c1-5-7-18-10-21-23(27-12-18)33-22(16(2)13-29(25(21)32)17(3)15-30)14-28(4)24(31)19-8-6-9-20(26)11-19/h5-12,16-17,22,30H,13-15H2,1-4H3/b7-5+/t16-,17+,22+/m0/s1. The van der Waals surface area contributed by atoms with Crippen LogP contribution in [0.3, 0.4) is 0 Å². The number of pyridine rings is 1. The van der Waals surface area contributed by atoms with Gasteiger partial charge in [-0.15, -0.1) is 0 Å². The summed E-state index contributed by atoms with van der Waals surface area (Å²) < 4.78 is 19.8. The van der Waals surface area contributed by atoms with Crippen LogP contribution in [0, 0.1) is 11.7 Å². The van der Waals surface area contributed by atoms with Gasteiger partial charge in [0.05, 0.1) is 19.2 Å². The summed E-state index contributed by atoms with van der Waals surface area (Å²) in [4.78, 5) is 33.6. The molecular formula is C25H30FN3O4. The molecule has 0 fully saturated rings. The predicted molar refractivity (Wildman–Crippen MR) is 123 cm³/mol. The highest BCUT2D eigenvalue weighted by Gasteiger charge is 2.34. The van der Waals surface area contributed by atoms with E-state index in [-0.39, 0.29) is 42.3 Å². The molecule has 1 aliphatic heterocycles. The van der Waals surface area contributed by atoms with Crippen molar-refractivity contribution < 1.29 is 23.8 Å². The maximum absolute atomic E-state index is 13.6. The van der Waals surface area contributed by atoms with Crippen LogP contribution < -0.4 is 4.74 Å². The number of hydrogen-bond acceptors (Lipinski definition) is 5. The molecule has 1 aliphatic rings. The molecule has 3 rings (SSSR count). The van der Waals surface area contributed by atoms with E-state index in [9.17, 15) is 19.1 Å². The van der Waals surface area contributed by atoms with Crippen LogP contribution in [0.4, 0.5) is 4.39 Å². The van der Waals surface area contributed by atoms with Crippen molar-refractivity contribution in [3.8, 4) is 5.88 Å². The minimum absolute atomic E-state index is 0.170. The van der Waals surface area contributed by atoms with Gasteiger partial charge in [0.25, 0.3) is 11.8 Å². The number of allylic oxidation sites excluding steroid dienone is 1. The molecule has 1 aromatic heterocycles. The Morgan fingerprint density at radius 2 is 2.18 bits per heavy atom. The zero-order valence-corrected chi connectivity index (χ0v) is 19.4. The van der Waals surface area contributed by atoms with E-state index >= 15 is 0 Å². The van der Waals surface area contributed by atoms with Crippen LogP contribution in [0.15, 0.2) is 42.6 Å². The molecule has 0 saturated carbocycles. The Kier molecular flexibility index (Phi) is 7.81. The highest BCUT2D eigenvalue weighted by molar-refractivity contribution is 5.97. The van der Waals surface area contributed by atoms with Gasteiger partial charge in [-0.2, -0.15) is 0 Å². The molecule has 1 N–H and O–H groups in total. The van der Waals surface area contributed by atoms with E-state index in [2.05, 4.69) is 4.98 Å². The summed E-state index contributed by atoms with van der Waals surface area (Å²) in [6.07, 6.45) is 4.83. The molecule has 7 nitrogen and oxygen atoms in total. The smallest absolute Gasteiger partial charge is 0.259 e. The fourth-order valence-corrected chi connectivity index (χ4v) is 3.81. The van der Waals surface area contributed by atoms with Gasteiger partial charge in [0.2, 0.25) is 5.88 Å². The van der Waals surface area contributed by atoms with Crippen LogP contribution >= 0.6 is 0 Å². The van der Waals surface area contributed by atoms with Gasteiger partial charge in [0.1, 0.15) is 17.5 Å². The fraction of sp³-hybridized carbons (Fsp3) is 0.400. The Morgan fingerprint density at radius 3 is 2.85 bits per heavy atom. The minimum atomic E-state index is -0.480. The largest absolute Gasteiger partial charge is 0.472 e. The number of carbonyl (C=O) groups excluding carboxylic acids is 2. The van der Waals surface area contributed by atoms with Crippen molar-refractivity contribution in [2.24, 2.45) is 5.92 Å². The quantitative estimate of drug-likeness (QED) is 0.723. The van der Waals surface area contributed by atoms with Gasteiger partial charge < -0.3 is 19.6 Å². The molecule has 1 aromatic carbocycles. The number of carbonyl (C=O) groups is 2. The molecule has 2 heterocycles. The fourth-order valence-electron chi connectivity index (χ4n) is 3.81. The van der Waals surface area contributed by atoms with Gasteiger partial charge in [-0.3, -0.25) is 9.59 Å². The number of nitrogens with zero attached hydrogens (tertiary/aromatic N) is 3. The first-order valence-corrected chi connectivity index (χ1v) is 11.0. The third kappa shape index (κ3) is 5.57. The summed E-state index contributed by atoms with van der Waals surface area (Å²) in [7, 11) is 1.63. The van der Waals surface area contributed by atoms with Crippen molar-refractivity contribution in [2.45, 2.75) is 32.9 Å². The highest BCUT2D eigenvalue weighted by atomic mass is 19.1. The van der Waals surface area contributed by atoms with Crippen molar-refractivity contribution in [1.29, 1.82) is 0 Å². The third-order valence-corrected chi connectivity index (χ3v) is 5.77. The van der Waals surface area contributed by atoms with Gasteiger partial charge in [0.15, 0.2) is 0 Å². The Morgan fingerprint density at radius 1 is 1.42 bits per heavy atom. The number of halogens is 1. The topological polar surface area (TPSA) is 83.0 Å². The molecule has 0 radical (unpaired) electrons. The molecule has 8 heteroatoms. The molecule has 0 bridgehead atoms. The molecule has 2 aromatic rings. The number of rotatable bonds is 6. The molecule has 0 saturated heterocycles. The maximum Gasteiger partial charge on any atom is 0.259 e. The first kappa shape index (κ1) is 24.4. The second-order valence-corrected chi connectivity index (χ2v) is 8.44. The number of benzene rings is 1. The first-order valence-electron chi connectivity index (χ1n) is 11.0. The van der Waals surface area contributed by atoms with E-state index in [1.165, 1.54) is 23.1 Å². The second kappa shape index (κ2) is 10.6. The number of aromatic nitrogens is 1.